The molecule has 0 unspecified atom stereocenters. The summed E-state index contributed by atoms with van der Waals surface area (Å²) in [6.07, 6.45) is 0.972. The fraction of sp³-hybridized carbons (Fsp3) is 0.450. The topological polar surface area (TPSA) is 75.3 Å². The van der Waals surface area contributed by atoms with Gasteiger partial charge in [-0.1, -0.05) is 12.1 Å². The molecule has 1 aromatic carbocycles. The number of benzene rings is 1. The Bertz CT molecular complexity index is 885. The van der Waals surface area contributed by atoms with Crippen molar-refractivity contribution in [3.05, 3.63) is 63.1 Å². The van der Waals surface area contributed by atoms with Gasteiger partial charge in [0.15, 0.2) is 0 Å². The average molecular weight is 373 g/mol. The minimum atomic E-state index is -0.561. The maximum atomic E-state index is 13.0. The van der Waals surface area contributed by atoms with Crippen molar-refractivity contribution in [2.24, 2.45) is 0 Å². The highest BCUT2D eigenvalue weighted by molar-refractivity contribution is 5.68. The fourth-order valence-electron chi connectivity index (χ4n) is 3.05. The summed E-state index contributed by atoms with van der Waals surface area (Å²) in [7, 11) is 0. The number of ether oxygens (including phenoxy) is 1. The number of rotatable bonds is 2. The Kier molecular flexibility index (Phi) is 5.30. The number of amides is 1. The van der Waals surface area contributed by atoms with E-state index in [2.05, 4.69) is 9.97 Å². The predicted octanol–water partition coefficient (Wildman–Crippen LogP) is 2.84. The molecule has 27 heavy (non-hydrogen) atoms. The molecule has 7 heteroatoms. The van der Waals surface area contributed by atoms with Crippen molar-refractivity contribution in [3.8, 4) is 0 Å². The summed E-state index contributed by atoms with van der Waals surface area (Å²) in [5.41, 5.74) is 1.45. The first-order valence-electron chi connectivity index (χ1n) is 9.04. The minimum absolute atomic E-state index is 0.178. The molecule has 0 saturated heterocycles. The molecule has 0 fully saturated rings. The van der Waals surface area contributed by atoms with E-state index >= 15 is 0 Å². The number of nitrogens with zero attached hydrogens (tertiary/aromatic N) is 2. The number of aromatic nitrogens is 2. The lowest BCUT2D eigenvalue weighted by atomic mass is 10.1. The van der Waals surface area contributed by atoms with Crippen molar-refractivity contribution in [1.29, 1.82) is 0 Å². The van der Waals surface area contributed by atoms with Crippen LogP contribution in [0, 0.1) is 5.82 Å². The van der Waals surface area contributed by atoms with Crippen molar-refractivity contribution >= 4 is 6.09 Å². The van der Waals surface area contributed by atoms with Gasteiger partial charge in [-0.15, -0.1) is 0 Å². The van der Waals surface area contributed by atoms with E-state index in [0.717, 1.165) is 5.56 Å². The molecule has 0 spiro atoms. The molecule has 0 bridgehead atoms. The molecule has 2 aromatic rings. The van der Waals surface area contributed by atoms with Crippen LogP contribution in [-0.4, -0.2) is 39.7 Å². The molecule has 1 amide bonds. The van der Waals surface area contributed by atoms with Crippen molar-refractivity contribution < 1.29 is 13.9 Å². The van der Waals surface area contributed by atoms with Crippen LogP contribution in [0.3, 0.4) is 0 Å². The van der Waals surface area contributed by atoms with Crippen molar-refractivity contribution in [2.75, 3.05) is 13.1 Å². The Hall–Kier alpha value is -2.70. The second-order valence-corrected chi connectivity index (χ2v) is 7.71. The summed E-state index contributed by atoms with van der Waals surface area (Å²) in [4.78, 5) is 33.8. The van der Waals surface area contributed by atoms with Crippen LogP contribution in [-0.2, 0) is 24.0 Å². The third kappa shape index (κ3) is 4.93. The highest BCUT2D eigenvalue weighted by Crippen LogP contribution is 2.16. The van der Waals surface area contributed by atoms with Crippen molar-refractivity contribution in [2.45, 2.75) is 45.6 Å². The van der Waals surface area contributed by atoms with Crippen LogP contribution in [0.25, 0.3) is 0 Å². The largest absolute Gasteiger partial charge is 0.444 e. The van der Waals surface area contributed by atoms with Crippen LogP contribution < -0.4 is 5.56 Å². The second-order valence-electron chi connectivity index (χ2n) is 7.71. The molecule has 0 saturated carbocycles. The van der Waals surface area contributed by atoms with Gasteiger partial charge >= 0.3 is 6.09 Å². The number of nitrogens with one attached hydrogen (secondary N) is 1. The second kappa shape index (κ2) is 7.50. The summed E-state index contributed by atoms with van der Waals surface area (Å²) in [6, 6.07) is 6.11. The smallest absolute Gasteiger partial charge is 0.410 e. The van der Waals surface area contributed by atoms with Crippen LogP contribution in [0.2, 0.25) is 0 Å². The molecule has 0 aliphatic carbocycles. The van der Waals surface area contributed by atoms with Gasteiger partial charge in [-0.05, 0) is 44.9 Å². The summed E-state index contributed by atoms with van der Waals surface area (Å²) in [5.74, 6) is 0.237. The monoisotopic (exact) mass is 373 g/mol. The number of aromatic amines is 1. The van der Waals surface area contributed by atoms with Gasteiger partial charge < -0.3 is 14.6 Å². The Balaban J connectivity index is 1.76. The standard InChI is InChI=1S/C20H24FN3O3/c1-20(2,3)27-19(26)24-10-8-15-16(9-11-24)22-17(23-18(15)25)12-13-4-6-14(21)7-5-13/h4-7H,8-12H2,1-3H3,(H,22,23,25). The van der Waals surface area contributed by atoms with Gasteiger partial charge in [0.1, 0.15) is 17.2 Å². The van der Waals surface area contributed by atoms with Gasteiger partial charge in [0.2, 0.25) is 0 Å². The summed E-state index contributed by atoms with van der Waals surface area (Å²) in [6.45, 7) is 6.35. The van der Waals surface area contributed by atoms with Crippen LogP contribution in [0.4, 0.5) is 9.18 Å². The third-order valence-electron chi connectivity index (χ3n) is 4.34. The fourth-order valence-corrected chi connectivity index (χ4v) is 3.05. The zero-order chi connectivity index (χ0) is 19.6. The van der Waals surface area contributed by atoms with E-state index in [4.69, 9.17) is 4.74 Å². The predicted molar refractivity (Wildman–Crippen MR) is 99.3 cm³/mol. The Morgan fingerprint density at radius 1 is 1.22 bits per heavy atom. The molecule has 6 nitrogen and oxygen atoms in total. The number of hydrogen-bond acceptors (Lipinski definition) is 4. The SMILES string of the molecule is CC(C)(C)OC(=O)N1CCc2nc(Cc3ccc(F)cc3)[nH]c(=O)c2CC1. The lowest BCUT2D eigenvalue weighted by Crippen LogP contribution is -2.38. The number of H-pyrrole nitrogens is 1. The maximum Gasteiger partial charge on any atom is 0.410 e. The third-order valence-corrected chi connectivity index (χ3v) is 4.34. The average Bonchev–Trinajstić information content (AvgIpc) is 2.78. The van der Waals surface area contributed by atoms with Crippen molar-refractivity contribution in [3.63, 3.8) is 0 Å². The molecular weight excluding hydrogens is 349 g/mol. The summed E-state index contributed by atoms with van der Waals surface area (Å²) < 4.78 is 18.5. The number of halogens is 1. The van der Waals surface area contributed by atoms with Crippen LogP contribution in [0.1, 0.15) is 43.4 Å². The van der Waals surface area contributed by atoms with E-state index in [1.165, 1.54) is 12.1 Å². The van der Waals surface area contributed by atoms with E-state index in [9.17, 15) is 14.0 Å². The van der Waals surface area contributed by atoms with E-state index in [0.29, 0.717) is 49.4 Å². The summed E-state index contributed by atoms with van der Waals surface area (Å²) in [5, 5.41) is 0. The molecule has 3 rings (SSSR count). The number of carbonyl (C=O) groups excluding carboxylic acids is 1. The molecule has 1 aliphatic heterocycles. The first-order chi connectivity index (χ1) is 12.7. The van der Waals surface area contributed by atoms with Gasteiger partial charge in [0.05, 0.1) is 5.69 Å². The van der Waals surface area contributed by atoms with Gasteiger partial charge in [-0.25, -0.2) is 14.2 Å². The molecule has 1 aromatic heterocycles. The highest BCUT2D eigenvalue weighted by atomic mass is 19.1. The van der Waals surface area contributed by atoms with Crippen LogP contribution in [0.5, 0.6) is 0 Å². The Morgan fingerprint density at radius 3 is 2.56 bits per heavy atom. The summed E-state index contributed by atoms with van der Waals surface area (Å²) >= 11 is 0. The number of carbonyl (C=O) groups is 1. The lowest BCUT2D eigenvalue weighted by molar-refractivity contribution is 0.0258. The molecular formula is C20H24FN3O3. The maximum absolute atomic E-state index is 13.0. The molecule has 0 radical (unpaired) electrons. The highest BCUT2D eigenvalue weighted by Gasteiger charge is 2.25. The normalized spacial score (nSPS) is 14.4. The molecule has 144 valence electrons. The minimum Gasteiger partial charge on any atom is -0.444 e. The first-order valence-corrected chi connectivity index (χ1v) is 9.04. The first kappa shape index (κ1) is 19.1. The number of fused-ring (bicyclic) bond motifs is 1. The lowest BCUT2D eigenvalue weighted by Gasteiger charge is -2.26. The van der Waals surface area contributed by atoms with Crippen molar-refractivity contribution in [1.82, 2.24) is 14.9 Å². The molecule has 2 heterocycles. The van der Waals surface area contributed by atoms with Crippen LogP contribution in [0.15, 0.2) is 29.1 Å². The molecule has 1 aliphatic rings. The molecule has 1 N–H and O–H groups in total. The zero-order valence-corrected chi connectivity index (χ0v) is 15.8. The van der Waals surface area contributed by atoms with Gasteiger partial charge in [-0.3, -0.25) is 4.79 Å². The Morgan fingerprint density at radius 2 is 1.89 bits per heavy atom. The van der Waals surface area contributed by atoms with E-state index < -0.39 is 5.60 Å². The number of hydrogen-bond donors (Lipinski definition) is 1. The van der Waals surface area contributed by atoms with E-state index in [1.807, 2.05) is 20.8 Å². The van der Waals surface area contributed by atoms with Gasteiger partial charge in [0, 0.05) is 31.5 Å². The molecule has 0 atom stereocenters. The zero-order valence-electron chi connectivity index (χ0n) is 15.8. The Labute approximate surface area is 157 Å². The van der Waals surface area contributed by atoms with E-state index in [-0.39, 0.29) is 17.5 Å². The van der Waals surface area contributed by atoms with E-state index in [1.54, 1.807) is 17.0 Å². The van der Waals surface area contributed by atoms with Gasteiger partial charge in [0.25, 0.3) is 5.56 Å². The van der Waals surface area contributed by atoms with Gasteiger partial charge in [-0.2, -0.15) is 0 Å². The quantitative estimate of drug-likeness (QED) is 0.878. The van der Waals surface area contributed by atoms with Crippen LogP contribution >= 0.6 is 0 Å².